The third-order valence-corrected chi connectivity index (χ3v) is 5.30. The zero-order valence-corrected chi connectivity index (χ0v) is 14.1. The molecule has 1 heterocycles. The second-order valence-corrected chi connectivity index (χ2v) is 7.03. The van der Waals surface area contributed by atoms with E-state index in [-0.39, 0.29) is 17.4 Å². The molecule has 2 N–H and O–H groups in total. The van der Waals surface area contributed by atoms with Gasteiger partial charge in [0.1, 0.15) is 0 Å². The van der Waals surface area contributed by atoms with Crippen molar-refractivity contribution in [3.05, 3.63) is 29.8 Å². The maximum absolute atomic E-state index is 12.4. The fraction of sp³-hybridized carbons (Fsp3) is 0.632. The van der Waals surface area contributed by atoms with E-state index >= 15 is 0 Å². The highest BCUT2D eigenvalue weighted by Gasteiger charge is 2.35. The molecule has 1 saturated heterocycles. The van der Waals surface area contributed by atoms with Gasteiger partial charge in [-0.2, -0.15) is 0 Å². The van der Waals surface area contributed by atoms with Gasteiger partial charge in [0.25, 0.3) is 0 Å². The Morgan fingerprint density at radius 2 is 1.91 bits per heavy atom. The van der Waals surface area contributed by atoms with Gasteiger partial charge in [0.2, 0.25) is 5.91 Å². The maximum Gasteiger partial charge on any atom is 0.223 e. The summed E-state index contributed by atoms with van der Waals surface area (Å²) in [5.74, 6) is 0.326. The number of hydrogen-bond acceptors (Lipinski definition) is 3. The SMILES string of the molecule is Cc1ccccc1NC1(CNC(=O)C2CCOCC2)CCCC1. The number of para-hydroxylation sites is 1. The second kappa shape index (κ2) is 7.35. The first-order valence-corrected chi connectivity index (χ1v) is 8.88. The van der Waals surface area contributed by atoms with Crippen LogP contribution in [0.1, 0.15) is 44.1 Å². The minimum atomic E-state index is 0.00689. The van der Waals surface area contributed by atoms with Gasteiger partial charge in [-0.15, -0.1) is 0 Å². The number of ether oxygens (including phenoxy) is 1. The molecule has 2 fully saturated rings. The van der Waals surface area contributed by atoms with Crippen molar-refractivity contribution in [3.63, 3.8) is 0 Å². The first kappa shape index (κ1) is 16.3. The van der Waals surface area contributed by atoms with Gasteiger partial charge in [-0.1, -0.05) is 31.0 Å². The van der Waals surface area contributed by atoms with E-state index in [4.69, 9.17) is 4.74 Å². The third kappa shape index (κ3) is 4.05. The Balaban J connectivity index is 1.62. The molecule has 126 valence electrons. The van der Waals surface area contributed by atoms with E-state index in [1.807, 2.05) is 0 Å². The highest BCUT2D eigenvalue weighted by atomic mass is 16.5. The van der Waals surface area contributed by atoms with E-state index in [2.05, 4.69) is 41.8 Å². The topological polar surface area (TPSA) is 50.4 Å². The van der Waals surface area contributed by atoms with Gasteiger partial charge < -0.3 is 15.4 Å². The number of amides is 1. The Labute approximate surface area is 139 Å². The molecule has 1 aromatic rings. The first-order valence-electron chi connectivity index (χ1n) is 8.88. The Hall–Kier alpha value is -1.55. The molecule has 4 nitrogen and oxygen atoms in total. The molecule has 1 amide bonds. The number of hydrogen-bond donors (Lipinski definition) is 2. The fourth-order valence-corrected chi connectivity index (χ4v) is 3.76. The molecule has 1 aliphatic heterocycles. The summed E-state index contributed by atoms with van der Waals surface area (Å²) >= 11 is 0. The number of anilines is 1. The molecule has 2 aliphatic rings. The summed E-state index contributed by atoms with van der Waals surface area (Å²) in [5.41, 5.74) is 2.46. The summed E-state index contributed by atoms with van der Waals surface area (Å²) < 4.78 is 5.35. The van der Waals surface area contributed by atoms with Crippen LogP contribution in [0.5, 0.6) is 0 Å². The van der Waals surface area contributed by atoms with Gasteiger partial charge in [-0.3, -0.25) is 4.79 Å². The van der Waals surface area contributed by atoms with Crippen LogP contribution in [0.2, 0.25) is 0 Å². The number of aryl methyl sites for hydroxylation is 1. The lowest BCUT2D eigenvalue weighted by molar-refractivity contribution is -0.128. The lowest BCUT2D eigenvalue weighted by Crippen LogP contribution is -2.48. The summed E-state index contributed by atoms with van der Waals surface area (Å²) in [5, 5.41) is 6.96. The molecule has 0 aromatic heterocycles. The number of rotatable bonds is 5. The fourth-order valence-electron chi connectivity index (χ4n) is 3.76. The number of carbonyl (C=O) groups is 1. The average molecular weight is 316 g/mol. The zero-order chi connectivity index (χ0) is 16.1. The lowest BCUT2D eigenvalue weighted by atomic mass is 9.94. The molecule has 0 unspecified atom stereocenters. The van der Waals surface area contributed by atoms with E-state index in [0.717, 1.165) is 32.2 Å². The highest BCUT2D eigenvalue weighted by Crippen LogP contribution is 2.33. The molecule has 1 aromatic carbocycles. The van der Waals surface area contributed by atoms with Crippen molar-refractivity contribution in [2.75, 3.05) is 25.1 Å². The monoisotopic (exact) mass is 316 g/mol. The highest BCUT2D eigenvalue weighted by molar-refractivity contribution is 5.78. The van der Waals surface area contributed by atoms with Crippen molar-refractivity contribution >= 4 is 11.6 Å². The van der Waals surface area contributed by atoms with Crippen LogP contribution in [0.3, 0.4) is 0 Å². The van der Waals surface area contributed by atoms with E-state index < -0.39 is 0 Å². The predicted octanol–water partition coefficient (Wildman–Crippen LogP) is 3.26. The molecule has 23 heavy (non-hydrogen) atoms. The van der Waals surface area contributed by atoms with Crippen LogP contribution in [0.4, 0.5) is 5.69 Å². The number of carbonyl (C=O) groups excluding carboxylic acids is 1. The molecule has 3 rings (SSSR count). The van der Waals surface area contributed by atoms with Crippen molar-refractivity contribution < 1.29 is 9.53 Å². The van der Waals surface area contributed by atoms with Crippen molar-refractivity contribution in [1.29, 1.82) is 0 Å². The third-order valence-electron chi connectivity index (χ3n) is 5.30. The summed E-state index contributed by atoms with van der Waals surface area (Å²) in [7, 11) is 0. The van der Waals surface area contributed by atoms with E-state index in [0.29, 0.717) is 13.2 Å². The summed E-state index contributed by atoms with van der Waals surface area (Å²) in [6.45, 7) is 4.28. The first-order chi connectivity index (χ1) is 11.2. The van der Waals surface area contributed by atoms with Gasteiger partial charge in [0.05, 0.1) is 5.54 Å². The smallest absolute Gasteiger partial charge is 0.223 e. The average Bonchev–Trinajstić information content (AvgIpc) is 3.05. The summed E-state index contributed by atoms with van der Waals surface area (Å²) in [6.07, 6.45) is 6.40. The van der Waals surface area contributed by atoms with Crippen molar-refractivity contribution in [1.82, 2.24) is 5.32 Å². The molecule has 0 bridgehead atoms. The summed E-state index contributed by atoms with van der Waals surface area (Å²) in [6, 6.07) is 8.40. The maximum atomic E-state index is 12.4. The molecular formula is C19H28N2O2. The summed E-state index contributed by atoms with van der Waals surface area (Å²) in [4.78, 5) is 12.4. The largest absolute Gasteiger partial charge is 0.381 e. The van der Waals surface area contributed by atoms with Crippen LogP contribution in [-0.4, -0.2) is 31.2 Å². The molecule has 1 aliphatic carbocycles. The van der Waals surface area contributed by atoms with Crippen molar-refractivity contribution in [2.45, 2.75) is 51.0 Å². The van der Waals surface area contributed by atoms with Crippen LogP contribution in [0.25, 0.3) is 0 Å². The number of benzene rings is 1. The molecular weight excluding hydrogens is 288 g/mol. The molecule has 0 spiro atoms. The Bertz CT molecular complexity index is 532. The van der Waals surface area contributed by atoms with E-state index in [1.165, 1.54) is 24.1 Å². The van der Waals surface area contributed by atoms with Crippen LogP contribution < -0.4 is 10.6 Å². The minimum absolute atomic E-state index is 0.00689. The normalized spacial score (nSPS) is 21.1. The molecule has 0 radical (unpaired) electrons. The Kier molecular flexibility index (Phi) is 5.21. The minimum Gasteiger partial charge on any atom is -0.381 e. The van der Waals surface area contributed by atoms with Gasteiger partial charge in [0, 0.05) is 31.4 Å². The van der Waals surface area contributed by atoms with E-state index in [1.54, 1.807) is 0 Å². The van der Waals surface area contributed by atoms with Crippen LogP contribution in [0, 0.1) is 12.8 Å². The Morgan fingerprint density at radius 3 is 2.61 bits per heavy atom. The van der Waals surface area contributed by atoms with Gasteiger partial charge in [-0.05, 0) is 44.2 Å². The van der Waals surface area contributed by atoms with Gasteiger partial charge >= 0.3 is 0 Å². The molecule has 4 heteroatoms. The van der Waals surface area contributed by atoms with Crippen LogP contribution in [-0.2, 0) is 9.53 Å². The lowest BCUT2D eigenvalue weighted by Gasteiger charge is -2.33. The standard InChI is InChI=1S/C19H28N2O2/c1-15-6-2-3-7-17(15)21-19(10-4-5-11-19)14-20-18(22)16-8-12-23-13-9-16/h2-3,6-7,16,21H,4-5,8-14H2,1H3,(H,20,22). The zero-order valence-electron chi connectivity index (χ0n) is 14.1. The van der Waals surface area contributed by atoms with Crippen molar-refractivity contribution in [2.24, 2.45) is 5.92 Å². The number of nitrogens with one attached hydrogen (secondary N) is 2. The second-order valence-electron chi connectivity index (χ2n) is 7.03. The Morgan fingerprint density at radius 1 is 1.22 bits per heavy atom. The molecule has 1 saturated carbocycles. The van der Waals surface area contributed by atoms with Gasteiger partial charge in [-0.25, -0.2) is 0 Å². The van der Waals surface area contributed by atoms with Crippen LogP contribution >= 0.6 is 0 Å². The van der Waals surface area contributed by atoms with Crippen LogP contribution in [0.15, 0.2) is 24.3 Å². The molecule has 0 atom stereocenters. The van der Waals surface area contributed by atoms with Crippen molar-refractivity contribution in [3.8, 4) is 0 Å². The predicted molar refractivity (Wildman–Crippen MR) is 92.6 cm³/mol. The van der Waals surface area contributed by atoms with Gasteiger partial charge in [0.15, 0.2) is 0 Å². The van der Waals surface area contributed by atoms with E-state index in [9.17, 15) is 4.79 Å². The quantitative estimate of drug-likeness (QED) is 0.876.